The van der Waals surface area contributed by atoms with Gasteiger partial charge in [0, 0.05) is 17.7 Å². The van der Waals surface area contributed by atoms with Crippen LogP contribution in [-0.2, 0) is 16.1 Å². The van der Waals surface area contributed by atoms with Crippen molar-refractivity contribution in [1.29, 1.82) is 0 Å². The molecule has 2 aromatic carbocycles. The van der Waals surface area contributed by atoms with Gasteiger partial charge in [-0.1, -0.05) is 30.0 Å². The van der Waals surface area contributed by atoms with Crippen LogP contribution in [0.5, 0.6) is 5.75 Å². The number of anilines is 1. The summed E-state index contributed by atoms with van der Waals surface area (Å²) >= 11 is 1.22. The van der Waals surface area contributed by atoms with E-state index in [0.29, 0.717) is 17.4 Å². The third-order valence-corrected chi connectivity index (χ3v) is 4.98. The standard InChI is InChI=1S/C19H18FN3O3S/c1-26-15-5-3-2-4-12(15)11-21-19-23-18(25)16(27-19)10-17(24)22-14-8-6-13(20)7-9-14/h2-9,16H,10-11H2,1H3,(H,22,24)(H,21,23,25). The maximum atomic E-state index is 12.9. The highest BCUT2D eigenvalue weighted by Gasteiger charge is 2.32. The van der Waals surface area contributed by atoms with Gasteiger partial charge >= 0.3 is 0 Å². The van der Waals surface area contributed by atoms with Gasteiger partial charge in [0.2, 0.25) is 11.8 Å². The van der Waals surface area contributed by atoms with Gasteiger partial charge in [-0.15, -0.1) is 0 Å². The molecular weight excluding hydrogens is 369 g/mol. The van der Waals surface area contributed by atoms with E-state index in [1.165, 1.54) is 36.0 Å². The van der Waals surface area contributed by atoms with Crippen LogP contribution in [0.15, 0.2) is 53.5 Å². The van der Waals surface area contributed by atoms with Crippen molar-refractivity contribution < 1.29 is 18.7 Å². The third-order valence-electron chi connectivity index (χ3n) is 3.86. The van der Waals surface area contributed by atoms with E-state index in [2.05, 4.69) is 15.6 Å². The molecule has 140 valence electrons. The molecule has 1 heterocycles. The van der Waals surface area contributed by atoms with Crippen molar-refractivity contribution in [3.63, 3.8) is 0 Å². The van der Waals surface area contributed by atoms with Crippen LogP contribution in [0.2, 0.25) is 0 Å². The van der Waals surface area contributed by atoms with E-state index >= 15 is 0 Å². The number of hydrogen-bond acceptors (Lipinski definition) is 5. The molecule has 1 unspecified atom stereocenters. The molecule has 2 N–H and O–H groups in total. The molecule has 0 aliphatic carbocycles. The number of carbonyl (C=O) groups is 2. The number of rotatable bonds is 6. The molecule has 1 atom stereocenters. The summed E-state index contributed by atoms with van der Waals surface area (Å²) in [4.78, 5) is 28.6. The molecule has 0 saturated carbocycles. The zero-order chi connectivity index (χ0) is 19.2. The second kappa shape index (κ2) is 8.68. The first-order chi connectivity index (χ1) is 13.0. The van der Waals surface area contributed by atoms with Crippen LogP contribution in [0.3, 0.4) is 0 Å². The van der Waals surface area contributed by atoms with Crippen LogP contribution in [0, 0.1) is 5.82 Å². The quantitative estimate of drug-likeness (QED) is 0.799. The molecule has 0 spiro atoms. The molecule has 6 nitrogen and oxygen atoms in total. The minimum absolute atomic E-state index is 0.00154. The number of hydrogen-bond donors (Lipinski definition) is 2. The van der Waals surface area contributed by atoms with E-state index < -0.39 is 5.25 Å². The summed E-state index contributed by atoms with van der Waals surface area (Å²) in [5.74, 6) is -0.228. The number of amidine groups is 1. The van der Waals surface area contributed by atoms with Crippen molar-refractivity contribution in [2.75, 3.05) is 12.4 Å². The molecule has 1 aliphatic heterocycles. The molecule has 2 aromatic rings. The Morgan fingerprint density at radius 2 is 2.00 bits per heavy atom. The lowest BCUT2D eigenvalue weighted by Gasteiger charge is -2.07. The molecule has 0 bridgehead atoms. The monoisotopic (exact) mass is 387 g/mol. The number of nitrogens with one attached hydrogen (secondary N) is 2. The van der Waals surface area contributed by atoms with Crippen LogP contribution in [0.4, 0.5) is 10.1 Å². The van der Waals surface area contributed by atoms with Gasteiger partial charge in [-0.3, -0.25) is 14.6 Å². The van der Waals surface area contributed by atoms with Gasteiger partial charge in [-0.2, -0.15) is 0 Å². The van der Waals surface area contributed by atoms with E-state index in [1.54, 1.807) is 7.11 Å². The number of methoxy groups -OCH3 is 1. The summed E-state index contributed by atoms with van der Waals surface area (Å²) in [6.07, 6.45) is 0.00154. The van der Waals surface area contributed by atoms with Crippen LogP contribution >= 0.6 is 11.8 Å². The Labute approximate surface area is 160 Å². The van der Waals surface area contributed by atoms with Crippen molar-refractivity contribution in [2.24, 2.45) is 4.99 Å². The number of para-hydroxylation sites is 1. The molecule has 0 radical (unpaired) electrons. The van der Waals surface area contributed by atoms with Gasteiger partial charge in [0.25, 0.3) is 0 Å². The summed E-state index contributed by atoms with van der Waals surface area (Å²) < 4.78 is 18.2. The SMILES string of the molecule is COc1ccccc1CN=C1NC(=O)C(CC(=O)Nc2ccc(F)cc2)S1. The van der Waals surface area contributed by atoms with E-state index in [4.69, 9.17) is 4.74 Å². The molecular formula is C19H18FN3O3S. The molecule has 1 aliphatic rings. The molecule has 1 saturated heterocycles. The number of thioether (sulfide) groups is 1. The fourth-order valence-electron chi connectivity index (χ4n) is 2.52. The van der Waals surface area contributed by atoms with Gasteiger partial charge in [0.05, 0.1) is 13.7 Å². The fourth-order valence-corrected chi connectivity index (χ4v) is 3.49. The highest BCUT2D eigenvalue weighted by Crippen LogP contribution is 2.25. The van der Waals surface area contributed by atoms with E-state index in [0.717, 1.165) is 11.3 Å². The highest BCUT2D eigenvalue weighted by molar-refractivity contribution is 8.15. The number of ether oxygens (including phenoxy) is 1. The highest BCUT2D eigenvalue weighted by atomic mass is 32.2. The van der Waals surface area contributed by atoms with Gasteiger partial charge in [0.1, 0.15) is 16.8 Å². The van der Waals surface area contributed by atoms with Crippen molar-refractivity contribution in [3.8, 4) is 5.75 Å². The van der Waals surface area contributed by atoms with Crippen molar-refractivity contribution in [1.82, 2.24) is 5.32 Å². The molecule has 0 aromatic heterocycles. The Morgan fingerprint density at radius 1 is 1.26 bits per heavy atom. The number of benzene rings is 2. The topological polar surface area (TPSA) is 79.8 Å². The molecule has 8 heteroatoms. The Morgan fingerprint density at radius 3 is 2.74 bits per heavy atom. The minimum Gasteiger partial charge on any atom is -0.496 e. The van der Waals surface area contributed by atoms with Crippen molar-refractivity contribution in [3.05, 3.63) is 59.9 Å². The zero-order valence-corrected chi connectivity index (χ0v) is 15.4. The number of carbonyl (C=O) groups excluding carboxylic acids is 2. The summed E-state index contributed by atoms with van der Waals surface area (Å²) in [5, 5.41) is 5.26. The Hall–Kier alpha value is -2.87. The first kappa shape index (κ1) is 18.9. The molecule has 3 rings (SSSR count). The lowest BCUT2D eigenvalue weighted by molar-refractivity contribution is -0.122. The molecule has 27 heavy (non-hydrogen) atoms. The maximum Gasteiger partial charge on any atom is 0.240 e. The lowest BCUT2D eigenvalue weighted by atomic mass is 10.2. The van der Waals surface area contributed by atoms with Gasteiger partial charge in [-0.05, 0) is 30.3 Å². The lowest BCUT2D eigenvalue weighted by Crippen LogP contribution is -2.28. The average molecular weight is 387 g/mol. The molecule has 1 fully saturated rings. The van der Waals surface area contributed by atoms with Gasteiger partial charge in [0.15, 0.2) is 5.17 Å². The normalized spacial score (nSPS) is 17.6. The minimum atomic E-state index is -0.554. The Kier molecular flexibility index (Phi) is 6.08. The number of nitrogens with zero attached hydrogens (tertiary/aromatic N) is 1. The first-order valence-corrected chi connectivity index (χ1v) is 9.12. The van der Waals surface area contributed by atoms with Gasteiger partial charge in [-0.25, -0.2) is 4.39 Å². The summed E-state index contributed by atoms with van der Waals surface area (Å²) in [6.45, 7) is 0.362. The Bertz CT molecular complexity index is 871. The Balaban J connectivity index is 1.56. The van der Waals surface area contributed by atoms with E-state index in [1.807, 2.05) is 24.3 Å². The summed E-state index contributed by atoms with van der Waals surface area (Å²) in [6, 6.07) is 13.0. The fraction of sp³-hybridized carbons (Fsp3) is 0.211. The van der Waals surface area contributed by atoms with Crippen molar-refractivity contribution in [2.45, 2.75) is 18.2 Å². The largest absolute Gasteiger partial charge is 0.496 e. The second-order valence-electron chi connectivity index (χ2n) is 5.79. The average Bonchev–Trinajstić information content (AvgIpc) is 3.01. The second-order valence-corrected chi connectivity index (χ2v) is 6.98. The van der Waals surface area contributed by atoms with E-state index in [-0.39, 0.29) is 24.1 Å². The van der Waals surface area contributed by atoms with Crippen molar-refractivity contribution >= 4 is 34.4 Å². The number of amides is 2. The predicted octanol–water partition coefficient (Wildman–Crippen LogP) is 2.95. The van der Waals surface area contributed by atoms with Crippen LogP contribution in [-0.4, -0.2) is 29.3 Å². The smallest absolute Gasteiger partial charge is 0.240 e. The third kappa shape index (κ3) is 5.07. The predicted molar refractivity (Wildman–Crippen MR) is 103 cm³/mol. The number of halogens is 1. The molecule has 2 amide bonds. The number of aliphatic imine (C=N–C) groups is 1. The summed E-state index contributed by atoms with van der Waals surface area (Å²) in [7, 11) is 1.59. The first-order valence-electron chi connectivity index (χ1n) is 8.24. The van der Waals surface area contributed by atoms with Gasteiger partial charge < -0.3 is 15.4 Å². The van der Waals surface area contributed by atoms with Crippen LogP contribution in [0.1, 0.15) is 12.0 Å². The van der Waals surface area contributed by atoms with Crippen LogP contribution < -0.4 is 15.4 Å². The van der Waals surface area contributed by atoms with E-state index in [9.17, 15) is 14.0 Å². The zero-order valence-electron chi connectivity index (χ0n) is 14.6. The van der Waals surface area contributed by atoms with Crippen LogP contribution in [0.25, 0.3) is 0 Å². The summed E-state index contributed by atoms with van der Waals surface area (Å²) in [5.41, 5.74) is 1.38. The maximum absolute atomic E-state index is 12.9.